The average Bonchev–Trinajstić information content (AvgIpc) is 2.26. The Morgan fingerprint density at radius 3 is 2.27 bits per heavy atom. The second-order valence-electron chi connectivity index (χ2n) is 2.75. The van der Waals surface area contributed by atoms with Crippen LogP contribution in [0.15, 0.2) is 30.3 Å². The number of ether oxygens (including phenoxy) is 1. The third-order valence-corrected chi connectivity index (χ3v) is 4.69. The molecule has 0 radical (unpaired) electrons. The Hall–Kier alpha value is -1.04. The van der Waals surface area contributed by atoms with Crippen LogP contribution in [0, 0.1) is 3.57 Å². The standard InChI is InChI=1S/C11H11IO3/c1-8(13)10(11(14)15-2)12-9-6-4-3-5-7-9/h3-7H,1-2H3. The third-order valence-electron chi connectivity index (χ3n) is 1.61. The summed E-state index contributed by atoms with van der Waals surface area (Å²) in [7, 11) is 1.29. The van der Waals surface area contributed by atoms with Crippen LogP contribution in [0.4, 0.5) is 0 Å². The van der Waals surface area contributed by atoms with Crippen molar-refractivity contribution in [1.82, 2.24) is 0 Å². The molecule has 0 saturated carbocycles. The first kappa shape index (κ1) is 12.0. The molecule has 0 N–H and O–H groups in total. The van der Waals surface area contributed by atoms with Crippen molar-refractivity contribution in [1.29, 1.82) is 0 Å². The molecule has 0 unspecified atom stereocenters. The Labute approximate surface area is 98.2 Å². The second-order valence-corrected chi connectivity index (χ2v) is 5.62. The number of rotatable bonds is 3. The molecule has 0 saturated heterocycles. The van der Waals surface area contributed by atoms with Gasteiger partial charge in [-0.3, -0.25) is 4.79 Å². The van der Waals surface area contributed by atoms with Crippen LogP contribution < -0.4 is 0 Å². The van der Waals surface area contributed by atoms with E-state index in [1.165, 1.54) is 14.0 Å². The Morgan fingerprint density at radius 2 is 1.80 bits per heavy atom. The molecule has 1 aromatic rings. The van der Waals surface area contributed by atoms with E-state index in [4.69, 9.17) is 0 Å². The van der Waals surface area contributed by atoms with Gasteiger partial charge in [-0.25, -0.2) is 4.79 Å². The molecule has 0 aliphatic carbocycles. The first-order valence-corrected chi connectivity index (χ1v) is 6.47. The minimum atomic E-state index is -0.733. The van der Waals surface area contributed by atoms with Crippen LogP contribution in [0.25, 0.3) is 0 Å². The van der Waals surface area contributed by atoms with Crippen molar-refractivity contribution in [3.63, 3.8) is 0 Å². The van der Waals surface area contributed by atoms with E-state index in [9.17, 15) is 9.59 Å². The van der Waals surface area contributed by atoms with Gasteiger partial charge in [0.15, 0.2) is 5.78 Å². The van der Waals surface area contributed by atoms with Crippen LogP contribution >= 0.6 is 20.7 Å². The molecule has 0 heterocycles. The molecule has 0 aliphatic rings. The normalized spacial score (nSPS) is 11.5. The summed E-state index contributed by atoms with van der Waals surface area (Å²) >= 11 is -0.733. The summed E-state index contributed by atoms with van der Waals surface area (Å²) in [6, 6.07) is 9.52. The predicted molar refractivity (Wildman–Crippen MR) is 66.9 cm³/mol. The lowest BCUT2D eigenvalue weighted by molar-refractivity contribution is -0.133. The molecular weight excluding hydrogens is 307 g/mol. The third kappa shape index (κ3) is 3.54. The predicted octanol–water partition coefficient (Wildman–Crippen LogP) is 1.76. The summed E-state index contributed by atoms with van der Waals surface area (Å²) in [5.41, 5.74) is 0. The molecule has 0 fully saturated rings. The smallest absolute Gasteiger partial charge is 0.347 e. The van der Waals surface area contributed by atoms with Crippen molar-refractivity contribution in [2.45, 2.75) is 6.92 Å². The maximum absolute atomic E-state index is 11.3. The van der Waals surface area contributed by atoms with Gasteiger partial charge in [-0.05, 0) is 19.1 Å². The number of hydrogen-bond acceptors (Lipinski definition) is 3. The topological polar surface area (TPSA) is 43.4 Å². The Bertz CT molecular complexity index is 396. The molecule has 3 nitrogen and oxygen atoms in total. The quantitative estimate of drug-likeness (QED) is 0.485. The molecule has 1 rings (SSSR count). The van der Waals surface area contributed by atoms with Gasteiger partial charge in [0, 0.05) is 3.57 Å². The first-order valence-electron chi connectivity index (χ1n) is 4.31. The molecular formula is C11H11IO3. The van der Waals surface area contributed by atoms with Crippen LogP contribution in [0.5, 0.6) is 0 Å². The molecule has 0 aliphatic heterocycles. The lowest BCUT2D eigenvalue weighted by atomic mass is 10.3. The van der Waals surface area contributed by atoms with Gasteiger partial charge in [0.25, 0.3) is 0 Å². The number of esters is 1. The van der Waals surface area contributed by atoms with Crippen molar-refractivity contribution in [3.05, 3.63) is 33.9 Å². The second kappa shape index (κ2) is 5.75. The fourth-order valence-electron chi connectivity index (χ4n) is 0.925. The van der Waals surface area contributed by atoms with E-state index in [0.717, 1.165) is 3.57 Å². The average molecular weight is 318 g/mol. The number of ketones is 1. The monoisotopic (exact) mass is 318 g/mol. The summed E-state index contributed by atoms with van der Waals surface area (Å²) < 4.78 is 5.90. The van der Waals surface area contributed by atoms with E-state index in [1.807, 2.05) is 30.3 Å². The minimum absolute atomic E-state index is 0.196. The van der Waals surface area contributed by atoms with Gasteiger partial charge in [0.05, 0.1) is 7.11 Å². The zero-order valence-electron chi connectivity index (χ0n) is 8.49. The van der Waals surface area contributed by atoms with E-state index in [1.54, 1.807) is 0 Å². The summed E-state index contributed by atoms with van der Waals surface area (Å²) in [5, 5.41) is 0. The van der Waals surface area contributed by atoms with Crippen LogP contribution in [-0.2, 0) is 14.3 Å². The van der Waals surface area contributed by atoms with Crippen molar-refractivity contribution in [3.8, 4) is 0 Å². The van der Waals surface area contributed by atoms with Crippen LogP contribution in [0.2, 0.25) is 0 Å². The van der Waals surface area contributed by atoms with Crippen LogP contribution in [0.3, 0.4) is 0 Å². The molecule has 80 valence electrons. The summed E-state index contributed by atoms with van der Waals surface area (Å²) in [6.07, 6.45) is 0. The lowest BCUT2D eigenvalue weighted by Crippen LogP contribution is -2.21. The van der Waals surface area contributed by atoms with Gasteiger partial charge in [-0.15, -0.1) is 0 Å². The van der Waals surface area contributed by atoms with E-state index < -0.39 is 26.7 Å². The molecule has 0 aromatic heterocycles. The number of carbonyl (C=O) groups excluding carboxylic acids is 2. The van der Waals surface area contributed by atoms with Crippen molar-refractivity contribution >= 4 is 36.0 Å². The van der Waals surface area contributed by atoms with Crippen molar-refractivity contribution < 1.29 is 14.3 Å². The van der Waals surface area contributed by atoms with Crippen molar-refractivity contribution in [2.24, 2.45) is 0 Å². The van der Waals surface area contributed by atoms with Gasteiger partial charge in [-0.1, -0.05) is 38.9 Å². The highest BCUT2D eigenvalue weighted by molar-refractivity contribution is 14.2. The number of hydrogen-bond donors (Lipinski definition) is 0. The van der Waals surface area contributed by atoms with Gasteiger partial charge < -0.3 is 4.74 Å². The summed E-state index contributed by atoms with van der Waals surface area (Å²) in [4.78, 5) is 22.5. The zero-order chi connectivity index (χ0) is 11.3. The highest BCUT2D eigenvalue weighted by atomic mass is 127. The molecule has 4 heteroatoms. The number of benzene rings is 1. The molecule has 15 heavy (non-hydrogen) atoms. The zero-order valence-corrected chi connectivity index (χ0v) is 10.6. The van der Waals surface area contributed by atoms with Crippen molar-refractivity contribution in [2.75, 3.05) is 7.11 Å². The number of halogens is 1. The lowest BCUT2D eigenvalue weighted by Gasteiger charge is -2.00. The SMILES string of the molecule is COC(=O)/C(=I/c1ccccc1)C(C)=O. The number of methoxy groups -OCH3 is 1. The van der Waals surface area contributed by atoms with Gasteiger partial charge >= 0.3 is 5.97 Å². The van der Waals surface area contributed by atoms with Crippen LogP contribution in [-0.4, -0.2) is 22.4 Å². The Balaban J connectivity index is 3.05. The number of Topliss-reactive ketones (excluding diaryl/α,β-unsaturated/α-hetero) is 1. The van der Waals surface area contributed by atoms with Crippen LogP contribution in [0.1, 0.15) is 6.92 Å². The van der Waals surface area contributed by atoms with E-state index in [0.29, 0.717) is 3.51 Å². The first-order chi connectivity index (χ1) is 7.15. The highest BCUT2D eigenvalue weighted by Gasteiger charge is 2.15. The summed E-state index contributed by atoms with van der Waals surface area (Å²) in [5.74, 6) is -0.697. The minimum Gasteiger partial charge on any atom is -0.465 e. The Kier molecular flexibility index (Phi) is 4.61. The number of carbonyl (C=O) groups is 2. The Morgan fingerprint density at radius 1 is 1.20 bits per heavy atom. The fourth-order valence-corrected chi connectivity index (χ4v) is 3.14. The maximum atomic E-state index is 11.3. The maximum Gasteiger partial charge on any atom is 0.347 e. The van der Waals surface area contributed by atoms with E-state index in [-0.39, 0.29) is 5.78 Å². The van der Waals surface area contributed by atoms with Gasteiger partial charge in [-0.2, -0.15) is 0 Å². The summed E-state index contributed by atoms with van der Waals surface area (Å²) in [6.45, 7) is 1.40. The molecule has 0 atom stereocenters. The van der Waals surface area contributed by atoms with Gasteiger partial charge in [0.1, 0.15) is 3.51 Å². The fraction of sp³-hybridized carbons (Fsp3) is 0.182. The van der Waals surface area contributed by atoms with Gasteiger partial charge in [0.2, 0.25) is 0 Å². The molecule has 0 spiro atoms. The molecule has 0 bridgehead atoms. The largest absolute Gasteiger partial charge is 0.465 e. The molecule has 0 amide bonds. The molecule has 1 aromatic carbocycles. The van der Waals surface area contributed by atoms with E-state index in [2.05, 4.69) is 4.74 Å². The van der Waals surface area contributed by atoms with E-state index >= 15 is 0 Å². The highest BCUT2D eigenvalue weighted by Crippen LogP contribution is 2.14.